The van der Waals surface area contributed by atoms with Crippen molar-refractivity contribution in [1.82, 2.24) is 9.80 Å². The Labute approximate surface area is 140 Å². The van der Waals surface area contributed by atoms with Gasteiger partial charge in [0.15, 0.2) is 0 Å². The zero-order chi connectivity index (χ0) is 17.2. The van der Waals surface area contributed by atoms with Crippen LogP contribution in [0.15, 0.2) is 30.3 Å². The third-order valence-electron chi connectivity index (χ3n) is 5.78. The van der Waals surface area contributed by atoms with Crippen molar-refractivity contribution in [2.45, 2.75) is 31.5 Å². The third-order valence-corrected chi connectivity index (χ3v) is 5.78. The van der Waals surface area contributed by atoms with Gasteiger partial charge < -0.3 is 4.74 Å². The number of ether oxygens (including phenoxy) is 1. The molecule has 0 bridgehead atoms. The maximum Gasteiger partial charge on any atom is 0.324 e. The molecule has 0 saturated carbocycles. The van der Waals surface area contributed by atoms with E-state index in [0.717, 1.165) is 10.5 Å². The largest absolute Gasteiger partial charge is 0.462 e. The Morgan fingerprint density at radius 2 is 1.75 bits per heavy atom. The van der Waals surface area contributed by atoms with Crippen LogP contribution in [0.4, 0.5) is 0 Å². The summed E-state index contributed by atoms with van der Waals surface area (Å²) in [6, 6.07) is 8.93. The van der Waals surface area contributed by atoms with E-state index in [1.807, 2.05) is 49.1 Å². The van der Waals surface area contributed by atoms with E-state index in [0.29, 0.717) is 0 Å². The van der Waals surface area contributed by atoms with Gasteiger partial charge in [-0.05, 0) is 19.4 Å². The fourth-order valence-corrected chi connectivity index (χ4v) is 4.70. The summed E-state index contributed by atoms with van der Waals surface area (Å²) >= 11 is 0. The predicted octanol–water partition coefficient (Wildman–Crippen LogP) is 0.978. The van der Waals surface area contributed by atoms with Crippen LogP contribution in [-0.2, 0) is 19.1 Å². The first-order valence-electron chi connectivity index (χ1n) is 8.17. The highest BCUT2D eigenvalue weighted by Crippen LogP contribution is 2.53. The number of esters is 1. The fraction of sp³-hybridized carbons (Fsp3) is 0.500. The van der Waals surface area contributed by atoms with Crippen molar-refractivity contribution < 1.29 is 19.1 Å². The molecule has 4 atom stereocenters. The van der Waals surface area contributed by atoms with Crippen molar-refractivity contribution >= 4 is 17.8 Å². The summed E-state index contributed by atoms with van der Waals surface area (Å²) in [7, 11) is 1.49. The summed E-state index contributed by atoms with van der Waals surface area (Å²) in [5, 5.41) is 0. The smallest absolute Gasteiger partial charge is 0.324 e. The van der Waals surface area contributed by atoms with Crippen molar-refractivity contribution in [3.8, 4) is 0 Å². The molecule has 3 heterocycles. The molecule has 126 valence electrons. The van der Waals surface area contributed by atoms with E-state index >= 15 is 0 Å². The number of morpholine rings is 1. The molecule has 24 heavy (non-hydrogen) atoms. The highest BCUT2D eigenvalue weighted by molar-refractivity contribution is 6.08. The molecule has 3 fully saturated rings. The summed E-state index contributed by atoms with van der Waals surface area (Å²) in [5.74, 6) is -2.06. The monoisotopic (exact) mass is 328 g/mol. The van der Waals surface area contributed by atoms with Crippen LogP contribution >= 0.6 is 0 Å². The molecule has 0 aromatic heterocycles. The number of carbonyl (C=O) groups excluding carboxylic acids is 3. The van der Waals surface area contributed by atoms with Gasteiger partial charge in [0.05, 0.1) is 17.9 Å². The number of hydrogen-bond acceptors (Lipinski definition) is 5. The number of amides is 2. The van der Waals surface area contributed by atoms with Crippen molar-refractivity contribution in [3.63, 3.8) is 0 Å². The molecule has 1 unspecified atom stereocenters. The van der Waals surface area contributed by atoms with Crippen LogP contribution < -0.4 is 0 Å². The Morgan fingerprint density at radius 3 is 2.42 bits per heavy atom. The van der Waals surface area contributed by atoms with Crippen molar-refractivity contribution in [2.24, 2.45) is 11.8 Å². The first kappa shape index (κ1) is 15.3. The van der Waals surface area contributed by atoms with Crippen molar-refractivity contribution in [3.05, 3.63) is 35.9 Å². The molecule has 0 N–H and O–H groups in total. The third kappa shape index (κ3) is 1.77. The summed E-state index contributed by atoms with van der Waals surface area (Å²) in [6.45, 7) is 4.13. The van der Waals surface area contributed by atoms with Gasteiger partial charge in [-0.3, -0.25) is 24.2 Å². The number of hydrogen-bond donors (Lipinski definition) is 0. The second kappa shape index (κ2) is 4.89. The van der Waals surface area contributed by atoms with Gasteiger partial charge in [-0.25, -0.2) is 0 Å². The molecular formula is C18H20N2O4. The molecule has 3 saturated heterocycles. The number of imide groups is 1. The number of nitrogens with zero attached hydrogens (tertiary/aromatic N) is 2. The molecule has 0 radical (unpaired) electrons. The van der Waals surface area contributed by atoms with E-state index in [4.69, 9.17) is 4.74 Å². The Balaban J connectivity index is 1.84. The normalized spacial score (nSPS) is 35.0. The lowest BCUT2D eigenvalue weighted by Gasteiger charge is -2.45. The zero-order valence-electron chi connectivity index (χ0n) is 13.9. The van der Waals surface area contributed by atoms with E-state index in [-0.39, 0.29) is 24.5 Å². The minimum Gasteiger partial charge on any atom is -0.462 e. The van der Waals surface area contributed by atoms with E-state index in [2.05, 4.69) is 0 Å². The van der Waals surface area contributed by atoms with Gasteiger partial charge in [0, 0.05) is 12.6 Å². The Bertz CT molecular complexity index is 730. The van der Waals surface area contributed by atoms with Gasteiger partial charge in [0.25, 0.3) is 0 Å². The van der Waals surface area contributed by atoms with Crippen LogP contribution in [0.5, 0.6) is 0 Å². The Kier molecular flexibility index (Phi) is 3.12. The number of cyclic esters (lactones) is 1. The molecular weight excluding hydrogens is 308 g/mol. The maximum absolute atomic E-state index is 12.6. The molecule has 4 rings (SSSR count). The highest BCUT2D eigenvalue weighted by Gasteiger charge is 2.69. The molecule has 1 aromatic carbocycles. The average molecular weight is 328 g/mol. The van der Waals surface area contributed by atoms with Gasteiger partial charge in [-0.15, -0.1) is 0 Å². The van der Waals surface area contributed by atoms with Crippen LogP contribution in [0.1, 0.15) is 25.5 Å². The first-order valence-corrected chi connectivity index (χ1v) is 8.17. The molecule has 6 heteroatoms. The van der Waals surface area contributed by atoms with Crippen molar-refractivity contribution in [2.75, 3.05) is 13.7 Å². The Hall–Kier alpha value is -2.21. The second-order valence-corrected chi connectivity index (χ2v) is 7.30. The predicted molar refractivity (Wildman–Crippen MR) is 84.6 cm³/mol. The van der Waals surface area contributed by atoms with Crippen molar-refractivity contribution in [1.29, 1.82) is 0 Å². The summed E-state index contributed by atoms with van der Waals surface area (Å²) < 4.78 is 5.42. The first-order chi connectivity index (χ1) is 11.4. The maximum atomic E-state index is 12.6. The summed E-state index contributed by atoms with van der Waals surface area (Å²) in [5.41, 5.74) is 0.420. The molecule has 6 nitrogen and oxygen atoms in total. The summed E-state index contributed by atoms with van der Waals surface area (Å²) in [6.07, 6.45) is 0. The number of benzene rings is 1. The van der Waals surface area contributed by atoms with Crippen LogP contribution in [0.25, 0.3) is 0 Å². The topological polar surface area (TPSA) is 66.9 Å². The molecule has 3 aliphatic heterocycles. The van der Waals surface area contributed by atoms with E-state index in [1.54, 1.807) is 0 Å². The minimum atomic E-state index is -0.703. The molecule has 0 aliphatic carbocycles. The number of likely N-dealkylation sites (tertiary alicyclic amines) is 1. The van der Waals surface area contributed by atoms with E-state index in [9.17, 15) is 14.4 Å². The second-order valence-electron chi connectivity index (χ2n) is 7.30. The molecule has 2 amide bonds. The standard InChI is InChI=1S/C18H20N2O4/c1-18(2)13-12(15(21)19(3)16(13)22)14-17(23)24-9-11(20(14)18)10-7-5-4-6-8-10/h4-8,11-14H,9H2,1-3H3/t11-,12+,13+,14?/m1/s1. The van der Waals surface area contributed by atoms with Crippen LogP contribution in [0.3, 0.4) is 0 Å². The van der Waals surface area contributed by atoms with Gasteiger partial charge >= 0.3 is 5.97 Å². The average Bonchev–Trinajstić information content (AvgIpc) is 2.95. The minimum absolute atomic E-state index is 0.152. The number of rotatable bonds is 1. The van der Waals surface area contributed by atoms with Gasteiger partial charge in [-0.2, -0.15) is 0 Å². The highest BCUT2D eigenvalue weighted by atomic mass is 16.5. The van der Waals surface area contributed by atoms with Crippen LogP contribution in [0.2, 0.25) is 0 Å². The number of carbonyl (C=O) groups is 3. The molecule has 1 aromatic rings. The van der Waals surface area contributed by atoms with E-state index in [1.165, 1.54) is 7.05 Å². The molecule has 0 spiro atoms. The number of fused-ring (bicyclic) bond motifs is 3. The van der Waals surface area contributed by atoms with Gasteiger partial charge in [-0.1, -0.05) is 30.3 Å². The lowest BCUT2D eigenvalue weighted by Crippen LogP contribution is -2.57. The Morgan fingerprint density at radius 1 is 1.08 bits per heavy atom. The van der Waals surface area contributed by atoms with Gasteiger partial charge in [0.1, 0.15) is 12.6 Å². The zero-order valence-corrected chi connectivity index (χ0v) is 13.9. The lowest BCUT2D eigenvalue weighted by atomic mass is 9.82. The lowest BCUT2D eigenvalue weighted by molar-refractivity contribution is -0.169. The van der Waals surface area contributed by atoms with E-state index < -0.39 is 29.4 Å². The summed E-state index contributed by atoms with van der Waals surface area (Å²) in [4.78, 5) is 40.9. The van der Waals surface area contributed by atoms with Crippen LogP contribution in [-0.4, -0.2) is 52.8 Å². The van der Waals surface area contributed by atoms with Crippen LogP contribution in [0, 0.1) is 11.8 Å². The SMILES string of the molecule is CN1C(=O)[C@@H]2C3C(=O)OC[C@H](c4ccccc4)N3C(C)(C)[C@@H]2C1=O. The fourth-order valence-electron chi connectivity index (χ4n) is 4.70. The van der Waals surface area contributed by atoms with Gasteiger partial charge in [0.2, 0.25) is 11.8 Å². The quantitative estimate of drug-likeness (QED) is 0.568. The molecule has 3 aliphatic rings.